The van der Waals surface area contributed by atoms with Crippen LogP contribution in [-0.4, -0.2) is 11.6 Å². The number of carbonyl (C=O) groups excluding carboxylic acids is 2. The molecular weight excluding hydrogens is 224 g/mol. The lowest BCUT2D eigenvalue weighted by Crippen LogP contribution is -2.23. The molecule has 1 aliphatic rings. The van der Waals surface area contributed by atoms with Crippen molar-refractivity contribution in [1.29, 1.82) is 0 Å². The van der Waals surface area contributed by atoms with Crippen molar-refractivity contribution in [3.05, 3.63) is 53.6 Å². The molecule has 0 N–H and O–H groups in total. The summed E-state index contributed by atoms with van der Waals surface area (Å²) in [5, 5.41) is 0. The lowest BCUT2D eigenvalue weighted by Gasteiger charge is -2.24. The highest BCUT2D eigenvalue weighted by molar-refractivity contribution is 6.36. The van der Waals surface area contributed by atoms with Crippen LogP contribution >= 0.6 is 0 Å². The monoisotopic (exact) mass is 240 g/mol. The van der Waals surface area contributed by atoms with Crippen LogP contribution in [0, 0.1) is 5.41 Å². The molecule has 0 saturated carbocycles. The van der Waals surface area contributed by atoms with E-state index in [1.807, 2.05) is 51.1 Å². The molecule has 0 aromatic heterocycles. The highest BCUT2D eigenvalue weighted by Gasteiger charge is 2.30. The van der Waals surface area contributed by atoms with E-state index in [0.717, 1.165) is 5.56 Å². The fraction of sp³-hybridized carbons (Fsp3) is 0.250. The average Bonchev–Trinajstić information content (AvgIpc) is 2.31. The Hall–Kier alpha value is -1.96. The minimum absolute atomic E-state index is 0.0479. The van der Waals surface area contributed by atoms with Crippen LogP contribution in [0.1, 0.15) is 26.3 Å². The summed E-state index contributed by atoms with van der Waals surface area (Å²) >= 11 is 0. The predicted octanol–water partition coefficient (Wildman–Crippen LogP) is 3.19. The zero-order valence-electron chi connectivity index (χ0n) is 10.9. The lowest BCUT2D eigenvalue weighted by molar-refractivity contribution is -0.114. The van der Waals surface area contributed by atoms with Gasteiger partial charge in [0.2, 0.25) is 0 Å². The Morgan fingerprint density at radius 2 is 1.50 bits per heavy atom. The summed E-state index contributed by atoms with van der Waals surface area (Å²) in [6.45, 7) is 5.83. The molecule has 0 unspecified atom stereocenters. The summed E-state index contributed by atoms with van der Waals surface area (Å²) in [7, 11) is 0. The fourth-order valence-electron chi connectivity index (χ4n) is 1.99. The largest absolute Gasteiger partial charge is 0.290 e. The molecule has 2 nitrogen and oxygen atoms in total. The van der Waals surface area contributed by atoms with E-state index >= 15 is 0 Å². The number of Topliss-reactive ketones (excluding diaryl/α,β-unsaturated/α-hetero) is 1. The molecule has 0 spiro atoms. The second-order valence-corrected chi connectivity index (χ2v) is 5.46. The van der Waals surface area contributed by atoms with Crippen LogP contribution in [0.4, 0.5) is 0 Å². The molecule has 0 radical (unpaired) electrons. The van der Waals surface area contributed by atoms with Crippen molar-refractivity contribution in [2.75, 3.05) is 0 Å². The van der Waals surface area contributed by atoms with Gasteiger partial charge >= 0.3 is 0 Å². The molecule has 0 aliphatic heterocycles. The van der Waals surface area contributed by atoms with Crippen molar-refractivity contribution in [2.24, 2.45) is 5.41 Å². The third-order valence-corrected chi connectivity index (χ3v) is 2.96. The Morgan fingerprint density at radius 3 is 2.06 bits per heavy atom. The highest BCUT2D eigenvalue weighted by Crippen LogP contribution is 2.33. The number of ketones is 2. The first-order chi connectivity index (χ1) is 8.39. The molecule has 0 bridgehead atoms. The minimum atomic E-state index is -0.318. The Balaban J connectivity index is 2.47. The van der Waals surface area contributed by atoms with Crippen LogP contribution in [0.25, 0.3) is 5.57 Å². The molecule has 2 heteroatoms. The Kier molecular flexibility index (Phi) is 3.04. The summed E-state index contributed by atoms with van der Waals surface area (Å²) in [5.74, 6) is -0.160. The predicted molar refractivity (Wildman–Crippen MR) is 72.0 cm³/mol. The summed E-state index contributed by atoms with van der Waals surface area (Å²) in [4.78, 5) is 24.2. The number of carbonyl (C=O) groups is 2. The van der Waals surface area contributed by atoms with E-state index in [-0.39, 0.29) is 17.0 Å². The molecule has 92 valence electrons. The smallest absolute Gasteiger partial charge is 0.190 e. The van der Waals surface area contributed by atoms with Gasteiger partial charge in [-0.05, 0) is 23.1 Å². The summed E-state index contributed by atoms with van der Waals surface area (Å²) in [6, 6.07) is 9.32. The second-order valence-electron chi connectivity index (χ2n) is 5.46. The van der Waals surface area contributed by atoms with E-state index in [1.54, 1.807) is 0 Å². The van der Waals surface area contributed by atoms with E-state index < -0.39 is 0 Å². The molecule has 1 aromatic rings. The van der Waals surface area contributed by atoms with Gasteiger partial charge < -0.3 is 0 Å². The quantitative estimate of drug-likeness (QED) is 0.706. The van der Waals surface area contributed by atoms with Crippen LogP contribution < -0.4 is 0 Å². The molecule has 1 aromatic carbocycles. The molecular formula is C16H16O2. The van der Waals surface area contributed by atoms with Gasteiger partial charge in [-0.1, -0.05) is 51.1 Å². The Morgan fingerprint density at radius 1 is 0.889 bits per heavy atom. The van der Waals surface area contributed by atoms with E-state index in [0.29, 0.717) is 11.1 Å². The fourth-order valence-corrected chi connectivity index (χ4v) is 1.99. The van der Waals surface area contributed by atoms with Crippen LogP contribution in [-0.2, 0) is 9.59 Å². The Labute approximate surface area is 107 Å². The molecule has 0 heterocycles. The summed E-state index contributed by atoms with van der Waals surface area (Å²) in [5.41, 5.74) is 1.55. The first kappa shape index (κ1) is 12.5. The third kappa shape index (κ3) is 2.33. The number of hydrogen-bond acceptors (Lipinski definition) is 2. The van der Waals surface area contributed by atoms with E-state index in [1.165, 1.54) is 12.2 Å². The molecule has 1 aliphatic carbocycles. The number of hydrogen-bond donors (Lipinski definition) is 0. The number of benzene rings is 1. The maximum absolute atomic E-state index is 12.4. The molecule has 0 atom stereocenters. The SMILES string of the molecule is CC(C)(C)C1=CC(=O)C=C(c2ccccc2)C1=O. The topological polar surface area (TPSA) is 34.1 Å². The van der Waals surface area contributed by atoms with Crippen LogP contribution in [0.3, 0.4) is 0 Å². The van der Waals surface area contributed by atoms with Crippen molar-refractivity contribution in [3.63, 3.8) is 0 Å². The van der Waals surface area contributed by atoms with Crippen molar-refractivity contribution in [3.8, 4) is 0 Å². The van der Waals surface area contributed by atoms with Gasteiger partial charge in [0.15, 0.2) is 11.6 Å². The lowest BCUT2D eigenvalue weighted by atomic mass is 9.77. The molecule has 0 fully saturated rings. The normalized spacial score (nSPS) is 16.4. The number of allylic oxidation sites excluding steroid dienone is 4. The van der Waals surface area contributed by atoms with Crippen molar-refractivity contribution in [2.45, 2.75) is 20.8 Å². The van der Waals surface area contributed by atoms with E-state index in [2.05, 4.69) is 0 Å². The first-order valence-electron chi connectivity index (χ1n) is 5.97. The van der Waals surface area contributed by atoms with Crippen LogP contribution in [0.5, 0.6) is 0 Å². The Bertz CT molecular complexity index is 555. The molecule has 0 amide bonds. The maximum atomic E-state index is 12.4. The maximum Gasteiger partial charge on any atom is 0.190 e. The zero-order valence-corrected chi connectivity index (χ0v) is 10.9. The van der Waals surface area contributed by atoms with Gasteiger partial charge in [0, 0.05) is 11.1 Å². The van der Waals surface area contributed by atoms with Crippen molar-refractivity contribution < 1.29 is 9.59 Å². The van der Waals surface area contributed by atoms with Gasteiger partial charge in [0.25, 0.3) is 0 Å². The van der Waals surface area contributed by atoms with Crippen molar-refractivity contribution in [1.82, 2.24) is 0 Å². The third-order valence-electron chi connectivity index (χ3n) is 2.96. The molecule has 2 rings (SSSR count). The van der Waals surface area contributed by atoms with Crippen LogP contribution in [0.2, 0.25) is 0 Å². The van der Waals surface area contributed by atoms with Gasteiger partial charge in [-0.3, -0.25) is 9.59 Å². The average molecular weight is 240 g/mol. The van der Waals surface area contributed by atoms with E-state index in [4.69, 9.17) is 0 Å². The van der Waals surface area contributed by atoms with Gasteiger partial charge in [-0.25, -0.2) is 0 Å². The van der Waals surface area contributed by atoms with Gasteiger partial charge in [0.1, 0.15) is 0 Å². The first-order valence-corrected chi connectivity index (χ1v) is 5.97. The summed E-state index contributed by atoms with van der Waals surface area (Å²) < 4.78 is 0. The molecule has 18 heavy (non-hydrogen) atoms. The standard InChI is InChI=1S/C16H16O2/c1-16(2,3)14-10-12(17)9-13(15(14)18)11-7-5-4-6-8-11/h4-10H,1-3H3. The van der Waals surface area contributed by atoms with Gasteiger partial charge in [0.05, 0.1) is 0 Å². The minimum Gasteiger partial charge on any atom is -0.290 e. The zero-order chi connectivity index (χ0) is 13.3. The van der Waals surface area contributed by atoms with Gasteiger partial charge in [-0.2, -0.15) is 0 Å². The summed E-state index contributed by atoms with van der Waals surface area (Å²) in [6.07, 6.45) is 2.88. The van der Waals surface area contributed by atoms with E-state index in [9.17, 15) is 9.59 Å². The van der Waals surface area contributed by atoms with Crippen LogP contribution in [0.15, 0.2) is 48.1 Å². The molecule has 0 saturated heterocycles. The van der Waals surface area contributed by atoms with Gasteiger partial charge in [-0.15, -0.1) is 0 Å². The second kappa shape index (κ2) is 4.37. The highest BCUT2D eigenvalue weighted by atomic mass is 16.1. The van der Waals surface area contributed by atoms with Crippen molar-refractivity contribution >= 4 is 17.1 Å². The number of rotatable bonds is 1.